The smallest absolute Gasteiger partial charge is 0.115 e. The van der Waals surface area contributed by atoms with Crippen molar-refractivity contribution < 1.29 is 23.7 Å². The van der Waals surface area contributed by atoms with E-state index in [1.165, 1.54) is 17.9 Å². The average Bonchev–Trinajstić information content (AvgIpc) is 3.15. The summed E-state index contributed by atoms with van der Waals surface area (Å²) in [5, 5.41) is 0. The van der Waals surface area contributed by atoms with Gasteiger partial charge in [0, 0.05) is 0 Å². The Hall–Kier alpha value is -2.40. The van der Waals surface area contributed by atoms with E-state index in [2.05, 4.69) is 140 Å². The van der Waals surface area contributed by atoms with E-state index in [9.17, 15) is 0 Å². The summed E-state index contributed by atoms with van der Waals surface area (Å²) in [7, 11) is -1.68. The minimum atomic E-state index is -1.68. The van der Waals surface area contributed by atoms with E-state index >= 15 is 0 Å². The van der Waals surface area contributed by atoms with Crippen molar-refractivity contribution in [2.45, 2.75) is 93.1 Å². The van der Waals surface area contributed by atoms with Crippen LogP contribution in [0.15, 0.2) is 121 Å². The normalized spacial score (nSPS) is 23.8. The minimum Gasteiger partial charge on any atom is -0.374 e. The average molecular weight is 729 g/mol. The van der Waals surface area contributed by atoms with Crippen LogP contribution in [0.2, 0.25) is 19.6 Å². The molecule has 0 N–H and O–H groups in total. The first-order valence-corrected chi connectivity index (χ1v) is 23.4. The summed E-state index contributed by atoms with van der Waals surface area (Å²) < 4.78 is 34.7. The van der Waals surface area contributed by atoms with Gasteiger partial charge in [-0.15, -0.1) is 23.5 Å². The molecular formula is C42H52O5S2Si. The maximum Gasteiger partial charge on any atom is 0.115 e. The molecule has 6 rings (SSSR count). The minimum absolute atomic E-state index is 0.0986. The first kappa shape index (κ1) is 37.4. The van der Waals surface area contributed by atoms with Crippen molar-refractivity contribution in [3.63, 3.8) is 0 Å². The molecule has 0 bridgehead atoms. The van der Waals surface area contributed by atoms with Gasteiger partial charge in [-0.2, -0.15) is 0 Å². The first-order valence-electron chi connectivity index (χ1n) is 17.9. The molecule has 2 aliphatic rings. The summed E-state index contributed by atoms with van der Waals surface area (Å²) in [5.41, 5.74) is 4.49. The number of hydrogen-bond donors (Lipinski definition) is 0. The van der Waals surface area contributed by atoms with Crippen LogP contribution in [-0.4, -0.2) is 60.4 Å². The Balaban J connectivity index is 1.35. The van der Waals surface area contributed by atoms with Gasteiger partial charge in [-0.25, -0.2) is 0 Å². The fourth-order valence-electron chi connectivity index (χ4n) is 6.75. The van der Waals surface area contributed by atoms with Crippen molar-refractivity contribution >= 4 is 31.6 Å². The van der Waals surface area contributed by atoms with Gasteiger partial charge in [0.2, 0.25) is 0 Å². The third kappa shape index (κ3) is 10.1. The van der Waals surface area contributed by atoms with E-state index in [0.717, 1.165) is 28.7 Å². The molecule has 0 amide bonds. The number of hydrogen-bond acceptors (Lipinski definition) is 7. The lowest BCUT2D eigenvalue weighted by Crippen LogP contribution is -2.63. The molecule has 0 aromatic heterocycles. The van der Waals surface area contributed by atoms with Gasteiger partial charge < -0.3 is 23.7 Å². The highest BCUT2D eigenvalue weighted by Crippen LogP contribution is 2.53. The van der Waals surface area contributed by atoms with E-state index in [-0.39, 0.29) is 28.1 Å². The fraction of sp³-hybridized carbons (Fsp3) is 0.429. The quantitative estimate of drug-likeness (QED) is 0.107. The second kappa shape index (κ2) is 18.4. The number of benzene rings is 4. The van der Waals surface area contributed by atoms with Crippen LogP contribution in [0.1, 0.15) is 35.1 Å². The first-order chi connectivity index (χ1) is 24.4. The van der Waals surface area contributed by atoms with Crippen molar-refractivity contribution in [2.75, 3.05) is 18.1 Å². The van der Waals surface area contributed by atoms with Gasteiger partial charge in [0.1, 0.15) is 24.4 Å². The molecule has 50 heavy (non-hydrogen) atoms. The van der Waals surface area contributed by atoms with Crippen LogP contribution in [0.5, 0.6) is 0 Å². The van der Waals surface area contributed by atoms with Crippen LogP contribution in [0.3, 0.4) is 0 Å². The second-order valence-electron chi connectivity index (χ2n) is 14.3. The highest BCUT2D eigenvalue weighted by Gasteiger charge is 2.54. The third-order valence-electron chi connectivity index (χ3n) is 9.55. The lowest BCUT2D eigenvalue weighted by Gasteiger charge is -2.52. The van der Waals surface area contributed by atoms with Gasteiger partial charge in [0.15, 0.2) is 0 Å². The van der Waals surface area contributed by atoms with Gasteiger partial charge in [-0.3, -0.25) is 0 Å². The maximum atomic E-state index is 7.27. The van der Waals surface area contributed by atoms with Crippen LogP contribution in [0.4, 0.5) is 0 Å². The lowest BCUT2D eigenvalue weighted by atomic mass is 9.92. The Labute approximate surface area is 308 Å². The Kier molecular flexibility index (Phi) is 13.7. The molecular weight excluding hydrogens is 677 g/mol. The van der Waals surface area contributed by atoms with E-state index in [1.807, 2.05) is 24.3 Å². The van der Waals surface area contributed by atoms with E-state index in [0.29, 0.717) is 33.0 Å². The standard InChI is InChI=1S/C42H52O5S2Si/c1-50(2,3)42(48-25-16-26-49-42)27-37-39(44-29-34-19-10-5-11-20-34)41(46-31-36-23-14-7-15-24-36)40(45-30-35-21-12-6-13-22-35)38(47-37)32-43-28-33-17-8-4-9-18-33/h4-15,17-24,37-41H,16,25-32H2,1-3H3/t37-,38+,39-,40+,41+/m0/s1. The molecule has 8 heteroatoms. The number of thioether (sulfide) groups is 2. The zero-order valence-corrected chi connectivity index (χ0v) is 32.3. The molecule has 0 aliphatic carbocycles. The van der Waals surface area contributed by atoms with Gasteiger partial charge in [0.25, 0.3) is 0 Å². The molecule has 4 aromatic carbocycles. The lowest BCUT2D eigenvalue weighted by molar-refractivity contribution is -0.273. The number of rotatable bonds is 16. The maximum absolute atomic E-state index is 7.27. The summed E-state index contributed by atoms with van der Waals surface area (Å²) >= 11 is 4.30. The van der Waals surface area contributed by atoms with Crippen molar-refractivity contribution in [3.8, 4) is 0 Å². The molecule has 5 atom stereocenters. The van der Waals surface area contributed by atoms with Crippen molar-refractivity contribution in [1.29, 1.82) is 0 Å². The van der Waals surface area contributed by atoms with Crippen LogP contribution in [0.25, 0.3) is 0 Å². The van der Waals surface area contributed by atoms with Crippen molar-refractivity contribution in [3.05, 3.63) is 144 Å². The van der Waals surface area contributed by atoms with Crippen LogP contribution >= 0.6 is 23.5 Å². The largest absolute Gasteiger partial charge is 0.374 e. The molecule has 2 fully saturated rings. The molecule has 0 saturated carbocycles. The van der Waals surface area contributed by atoms with Crippen LogP contribution < -0.4 is 0 Å². The highest BCUT2D eigenvalue weighted by atomic mass is 32.2. The zero-order valence-electron chi connectivity index (χ0n) is 29.7. The monoisotopic (exact) mass is 728 g/mol. The SMILES string of the molecule is C[Si](C)(C)C1(C[C@@H]2O[C@H](COCc3ccccc3)[C@@H](OCc3ccccc3)[C@H](OCc3ccccc3)[C@H]2OCc2ccccc2)SCCCS1. The molecule has 2 aliphatic heterocycles. The zero-order chi connectivity index (χ0) is 34.7. The predicted octanol–water partition coefficient (Wildman–Crippen LogP) is 9.56. The van der Waals surface area contributed by atoms with Crippen LogP contribution in [0, 0.1) is 0 Å². The van der Waals surface area contributed by atoms with Gasteiger partial charge in [0.05, 0.1) is 50.9 Å². The summed E-state index contributed by atoms with van der Waals surface area (Å²) in [6.07, 6.45) is 0.443. The molecule has 2 saturated heterocycles. The second-order valence-corrected chi connectivity index (χ2v) is 23.4. The Morgan fingerprint density at radius 2 is 0.960 bits per heavy atom. The molecule has 0 radical (unpaired) electrons. The molecule has 0 spiro atoms. The fourth-order valence-corrected chi connectivity index (χ4v) is 14.5. The molecule has 266 valence electrons. The topological polar surface area (TPSA) is 46.2 Å². The number of ether oxygens (including phenoxy) is 5. The summed E-state index contributed by atoms with van der Waals surface area (Å²) in [6.45, 7) is 9.79. The molecule has 0 unspecified atom stereocenters. The van der Waals surface area contributed by atoms with Crippen LogP contribution in [-0.2, 0) is 50.1 Å². The van der Waals surface area contributed by atoms with Crippen molar-refractivity contribution in [2.24, 2.45) is 0 Å². The van der Waals surface area contributed by atoms with E-state index < -0.39 is 14.2 Å². The predicted molar refractivity (Wildman–Crippen MR) is 210 cm³/mol. The highest BCUT2D eigenvalue weighted by molar-refractivity contribution is 8.21. The Morgan fingerprint density at radius 3 is 1.40 bits per heavy atom. The van der Waals surface area contributed by atoms with Gasteiger partial charge in [-0.05, 0) is 46.6 Å². The van der Waals surface area contributed by atoms with Gasteiger partial charge >= 0.3 is 0 Å². The van der Waals surface area contributed by atoms with Crippen molar-refractivity contribution in [1.82, 2.24) is 0 Å². The summed E-state index contributed by atoms with van der Waals surface area (Å²) in [5.74, 6) is 2.36. The Morgan fingerprint density at radius 1 is 0.560 bits per heavy atom. The molecule has 4 aromatic rings. The molecule has 5 nitrogen and oxygen atoms in total. The third-order valence-corrected chi connectivity index (χ3v) is 19.5. The van der Waals surface area contributed by atoms with E-state index in [4.69, 9.17) is 23.7 Å². The molecule has 2 heterocycles. The van der Waals surface area contributed by atoms with Gasteiger partial charge in [-0.1, -0.05) is 141 Å². The summed E-state index contributed by atoms with van der Waals surface area (Å²) in [4.78, 5) is 0. The Bertz CT molecular complexity index is 1530. The summed E-state index contributed by atoms with van der Waals surface area (Å²) in [6, 6.07) is 41.5. The van der Waals surface area contributed by atoms with E-state index in [1.54, 1.807) is 0 Å².